The van der Waals surface area contributed by atoms with E-state index < -0.39 is 0 Å². The van der Waals surface area contributed by atoms with Gasteiger partial charge in [-0.15, -0.1) is 0 Å². The normalized spacial score (nSPS) is 19.4. The first-order chi connectivity index (χ1) is 8.22. The molecule has 0 aliphatic carbocycles. The molecular formula is C13H19N3O. The van der Waals surface area contributed by atoms with Gasteiger partial charge in [-0.05, 0) is 38.8 Å². The molecule has 1 aliphatic rings. The molecule has 4 nitrogen and oxygen atoms in total. The molecule has 1 unspecified atom stereocenters. The molecule has 1 atom stereocenters. The number of likely N-dealkylation sites (tertiary alicyclic amines) is 1. The molecule has 0 radical (unpaired) electrons. The predicted octanol–water partition coefficient (Wildman–Crippen LogP) is 2.14. The van der Waals surface area contributed by atoms with Gasteiger partial charge in [0.15, 0.2) is 0 Å². The lowest BCUT2D eigenvalue weighted by Crippen LogP contribution is -2.34. The van der Waals surface area contributed by atoms with Gasteiger partial charge < -0.3 is 10.2 Å². The third-order valence-electron chi connectivity index (χ3n) is 3.14. The lowest BCUT2D eigenvalue weighted by molar-refractivity contribution is 0.0741. The number of pyridine rings is 1. The van der Waals surface area contributed by atoms with Crippen LogP contribution in [-0.4, -0.2) is 34.9 Å². The first-order valence-corrected chi connectivity index (χ1v) is 6.24. The molecule has 1 fully saturated rings. The summed E-state index contributed by atoms with van der Waals surface area (Å²) in [4.78, 5) is 18.5. The van der Waals surface area contributed by atoms with Crippen LogP contribution < -0.4 is 5.32 Å². The molecule has 92 valence electrons. The Labute approximate surface area is 102 Å². The molecule has 0 bridgehead atoms. The fourth-order valence-electron chi connectivity index (χ4n) is 2.22. The van der Waals surface area contributed by atoms with E-state index in [0.29, 0.717) is 11.7 Å². The highest BCUT2D eigenvalue weighted by Crippen LogP contribution is 2.19. The molecule has 1 amide bonds. The summed E-state index contributed by atoms with van der Waals surface area (Å²) in [6, 6.07) is 5.88. The minimum atomic E-state index is 0.0507. The maximum Gasteiger partial charge on any atom is 0.272 e. The van der Waals surface area contributed by atoms with Crippen molar-refractivity contribution in [2.45, 2.75) is 32.7 Å². The maximum atomic E-state index is 12.2. The zero-order valence-corrected chi connectivity index (χ0v) is 10.4. The summed E-state index contributed by atoms with van der Waals surface area (Å²) < 4.78 is 0. The molecule has 4 heteroatoms. The standard InChI is InChI=1S/C13H19N3O/c1-3-14-12-8-4-7-11(15-12)13(17)16-9-5-6-10(16)2/h4,7-8,10H,3,5-6,9H2,1-2H3,(H,14,15). The fraction of sp³-hybridized carbons (Fsp3) is 0.538. The van der Waals surface area contributed by atoms with Gasteiger partial charge >= 0.3 is 0 Å². The molecule has 2 heterocycles. The van der Waals surface area contributed by atoms with Gasteiger partial charge in [0.05, 0.1) is 0 Å². The summed E-state index contributed by atoms with van der Waals surface area (Å²) >= 11 is 0. The number of aromatic nitrogens is 1. The second kappa shape index (κ2) is 5.17. The van der Waals surface area contributed by atoms with E-state index in [2.05, 4.69) is 17.2 Å². The first-order valence-electron chi connectivity index (χ1n) is 6.24. The number of carbonyl (C=O) groups excluding carboxylic acids is 1. The Bertz CT molecular complexity index is 405. The largest absolute Gasteiger partial charge is 0.370 e. The highest BCUT2D eigenvalue weighted by molar-refractivity contribution is 5.93. The number of anilines is 1. The number of hydrogen-bond acceptors (Lipinski definition) is 3. The zero-order chi connectivity index (χ0) is 12.3. The van der Waals surface area contributed by atoms with Crippen LogP contribution >= 0.6 is 0 Å². The summed E-state index contributed by atoms with van der Waals surface area (Å²) in [5, 5.41) is 3.12. The Morgan fingerprint density at radius 3 is 3.06 bits per heavy atom. The van der Waals surface area contributed by atoms with Crippen molar-refractivity contribution in [2.24, 2.45) is 0 Å². The number of rotatable bonds is 3. The Kier molecular flexibility index (Phi) is 3.61. The van der Waals surface area contributed by atoms with Crippen molar-refractivity contribution in [3.05, 3.63) is 23.9 Å². The van der Waals surface area contributed by atoms with Crippen molar-refractivity contribution in [3.8, 4) is 0 Å². The lowest BCUT2D eigenvalue weighted by atomic mass is 10.2. The van der Waals surface area contributed by atoms with E-state index in [0.717, 1.165) is 31.7 Å². The van der Waals surface area contributed by atoms with Crippen LogP contribution in [0.4, 0.5) is 5.82 Å². The van der Waals surface area contributed by atoms with E-state index >= 15 is 0 Å². The number of amides is 1. The molecule has 0 saturated carbocycles. The SMILES string of the molecule is CCNc1cccc(C(=O)N2CCCC2C)n1. The van der Waals surface area contributed by atoms with Crippen LogP contribution in [0, 0.1) is 0 Å². The van der Waals surface area contributed by atoms with E-state index in [-0.39, 0.29) is 5.91 Å². The molecular weight excluding hydrogens is 214 g/mol. The molecule has 1 aromatic rings. The number of nitrogens with zero attached hydrogens (tertiary/aromatic N) is 2. The summed E-state index contributed by atoms with van der Waals surface area (Å²) in [5.74, 6) is 0.819. The van der Waals surface area contributed by atoms with Crippen molar-refractivity contribution in [3.63, 3.8) is 0 Å². The average Bonchev–Trinajstić information content (AvgIpc) is 2.75. The van der Waals surface area contributed by atoms with E-state index in [1.54, 1.807) is 6.07 Å². The number of carbonyl (C=O) groups is 1. The number of hydrogen-bond donors (Lipinski definition) is 1. The molecule has 0 aromatic carbocycles. The zero-order valence-electron chi connectivity index (χ0n) is 10.4. The molecule has 17 heavy (non-hydrogen) atoms. The van der Waals surface area contributed by atoms with Gasteiger partial charge in [-0.1, -0.05) is 6.07 Å². The van der Waals surface area contributed by atoms with E-state index in [4.69, 9.17) is 0 Å². The summed E-state index contributed by atoms with van der Waals surface area (Å²) in [6.07, 6.45) is 2.19. The lowest BCUT2D eigenvalue weighted by Gasteiger charge is -2.21. The van der Waals surface area contributed by atoms with Gasteiger partial charge in [-0.2, -0.15) is 0 Å². The van der Waals surface area contributed by atoms with Crippen LogP contribution in [0.3, 0.4) is 0 Å². The van der Waals surface area contributed by atoms with Crippen LogP contribution in [0.2, 0.25) is 0 Å². The summed E-state index contributed by atoms with van der Waals surface area (Å²) in [7, 11) is 0. The molecule has 2 rings (SSSR count). The van der Waals surface area contributed by atoms with E-state index in [1.807, 2.05) is 24.0 Å². The van der Waals surface area contributed by atoms with Gasteiger partial charge in [0.1, 0.15) is 11.5 Å². The molecule has 1 N–H and O–H groups in total. The van der Waals surface area contributed by atoms with E-state index in [1.165, 1.54) is 0 Å². The van der Waals surface area contributed by atoms with Gasteiger partial charge in [-0.3, -0.25) is 4.79 Å². The van der Waals surface area contributed by atoms with E-state index in [9.17, 15) is 4.79 Å². The maximum absolute atomic E-state index is 12.2. The van der Waals surface area contributed by atoms with Gasteiger partial charge in [0.2, 0.25) is 0 Å². The Morgan fingerprint density at radius 2 is 2.41 bits per heavy atom. The number of nitrogens with one attached hydrogen (secondary N) is 1. The Hall–Kier alpha value is -1.58. The van der Waals surface area contributed by atoms with Crippen LogP contribution in [0.5, 0.6) is 0 Å². The highest BCUT2D eigenvalue weighted by Gasteiger charge is 2.26. The molecule has 0 spiro atoms. The van der Waals surface area contributed by atoms with Crippen LogP contribution in [-0.2, 0) is 0 Å². The van der Waals surface area contributed by atoms with Gasteiger partial charge in [0, 0.05) is 19.1 Å². The van der Waals surface area contributed by atoms with Crippen LogP contribution in [0.1, 0.15) is 37.2 Å². The third kappa shape index (κ3) is 2.57. The fourth-order valence-corrected chi connectivity index (χ4v) is 2.22. The highest BCUT2D eigenvalue weighted by atomic mass is 16.2. The monoisotopic (exact) mass is 233 g/mol. The second-order valence-corrected chi connectivity index (χ2v) is 4.43. The van der Waals surface area contributed by atoms with Crippen LogP contribution in [0.25, 0.3) is 0 Å². The quantitative estimate of drug-likeness (QED) is 0.870. The summed E-state index contributed by atoms with van der Waals surface area (Å²) in [6.45, 7) is 5.77. The van der Waals surface area contributed by atoms with Crippen molar-refractivity contribution >= 4 is 11.7 Å². The Morgan fingerprint density at radius 1 is 1.59 bits per heavy atom. The molecule has 1 saturated heterocycles. The molecule has 1 aliphatic heterocycles. The predicted molar refractivity (Wildman–Crippen MR) is 68.1 cm³/mol. The Balaban J connectivity index is 2.15. The minimum Gasteiger partial charge on any atom is -0.370 e. The smallest absolute Gasteiger partial charge is 0.272 e. The van der Waals surface area contributed by atoms with Gasteiger partial charge in [0.25, 0.3) is 5.91 Å². The summed E-state index contributed by atoms with van der Waals surface area (Å²) in [5.41, 5.74) is 0.539. The average molecular weight is 233 g/mol. The van der Waals surface area contributed by atoms with Gasteiger partial charge in [-0.25, -0.2) is 4.98 Å². The first kappa shape index (κ1) is 11.9. The van der Waals surface area contributed by atoms with Crippen molar-refractivity contribution < 1.29 is 4.79 Å². The van der Waals surface area contributed by atoms with Crippen molar-refractivity contribution in [2.75, 3.05) is 18.4 Å². The molecule has 1 aromatic heterocycles. The topological polar surface area (TPSA) is 45.2 Å². The third-order valence-corrected chi connectivity index (χ3v) is 3.14. The van der Waals surface area contributed by atoms with Crippen molar-refractivity contribution in [1.82, 2.24) is 9.88 Å². The second-order valence-electron chi connectivity index (χ2n) is 4.43. The van der Waals surface area contributed by atoms with Crippen LogP contribution in [0.15, 0.2) is 18.2 Å². The minimum absolute atomic E-state index is 0.0507. The van der Waals surface area contributed by atoms with Crippen molar-refractivity contribution in [1.29, 1.82) is 0 Å².